The second-order valence-corrected chi connectivity index (χ2v) is 5.03. The molecule has 3 nitrogen and oxygen atoms in total. The molecule has 2 aromatic carbocycles. The van der Waals surface area contributed by atoms with Crippen molar-refractivity contribution in [3.63, 3.8) is 0 Å². The quantitative estimate of drug-likeness (QED) is 0.896. The first kappa shape index (κ1) is 14.3. The van der Waals surface area contributed by atoms with Crippen LogP contribution in [0.1, 0.15) is 35.7 Å². The van der Waals surface area contributed by atoms with Gasteiger partial charge in [0, 0.05) is 0 Å². The Morgan fingerprint density at radius 1 is 1.00 bits per heavy atom. The Kier molecular flexibility index (Phi) is 4.53. The standard InChI is InChI=1S/C17H20N2O/c1-12-8-10-14(11-9-12)13(2)19-17(20)16(18)15-6-4-3-5-7-15/h3-11,13,16H,18H2,1-2H3,(H,19,20)/t13?,16-/m0/s1. The summed E-state index contributed by atoms with van der Waals surface area (Å²) < 4.78 is 0. The number of amides is 1. The van der Waals surface area contributed by atoms with E-state index in [1.54, 1.807) is 0 Å². The smallest absolute Gasteiger partial charge is 0.241 e. The Morgan fingerprint density at radius 3 is 2.20 bits per heavy atom. The molecule has 0 saturated carbocycles. The number of hydrogen-bond acceptors (Lipinski definition) is 2. The van der Waals surface area contributed by atoms with Crippen LogP contribution < -0.4 is 11.1 Å². The lowest BCUT2D eigenvalue weighted by atomic mass is 10.0. The number of benzene rings is 2. The Bertz CT molecular complexity index is 563. The van der Waals surface area contributed by atoms with Crippen molar-refractivity contribution >= 4 is 5.91 Å². The predicted molar refractivity (Wildman–Crippen MR) is 81.1 cm³/mol. The summed E-state index contributed by atoms with van der Waals surface area (Å²) in [6.45, 7) is 4.00. The molecule has 0 heterocycles. The molecule has 2 atom stereocenters. The third-order valence-electron chi connectivity index (χ3n) is 3.38. The van der Waals surface area contributed by atoms with Crippen molar-refractivity contribution in [1.82, 2.24) is 5.32 Å². The number of hydrogen-bond donors (Lipinski definition) is 2. The molecular formula is C17H20N2O. The van der Waals surface area contributed by atoms with Gasteiger partial charge < -0.3 is 11.1 Å². The van der Waals surface area contributed by atoms with Crippen LogP contribution in [-0.2, 0) is 4.79 Å². The summed E-state index contributed by atoms with van der Waals surface area (Å²) in [6, 6.07) is 16.8. The lowest BCUT2D eigenvalue weighted by Crippen LogP contribution is -2.35. The molecule has 1 unspecified atom stereocenters. The summed E-state index contributed by atoms with van der Waals surface area (Å²) in [5.74, 6) is -0.163. The number of aryl methyl sites for hydroxylation is 1. The van der Waals surface area contributed by atoms with Gasteiger partial charge in [-0.05, 0) is 25.0 Å². The van der Waals surface area contributed by atoms with Gasteiger partial charge in [-0.25, -0.2) is 0 Å². The molecule has 104 valence electrons. The summed E-state index contributed by atoms with van der Waals surface area (Å²) >= 11 is 0. The van der Waals surface area contributed by atoms with Gasteiger partial charge in [-0.15, -0.1) is 0 Å². The third-order valence-corrected chi connectivity index (χ3v) is 3.38. The van der Waals surface area contributed by atoms with Crippen molar-refractivity contribution in [2.45, 2.75) is 25.9 Å². The molecule has 0 bridgehead atoms. The van der Waals surface area contributed by atoms with Gasteiger partial charge >= 0.3 is 0 Å². The van der Waals surface area contributed by atoms with Crippen molar-refractivity contribution in [2.24, 2.45) is 5.73 Å². The van der Waals surface area contributed by atoms with E-state index in [1.165, 1.54) is 5.56 Å². The van der Waals surface area contributed by atoms with Crippen LogP contribution in [-0.4, -0.2) is 5.91 Å². The van der Waals surface area contributed by atoms with Crippen LogP contribution in [0.5, 0.6) is 0 Å². The van der Waals surface area contributed by atoms with E-state index in [4.69, 9.17) is 5.73 Å². The van der Waals surface area contributed by atoms with Gasteiger partial charge in [-0.1, -0.05) is 60.2 Å². The molecule has 3 heteroatoms. The number of carbonyl (C=O) groups is 1. The molecule has 0 fully saturated rings. The SMILES string of the molecule is Cc1ccc(C(C)NC(=O)[C@@H](N)c2ccccc2)cc1. The average Bonchev–Trinajstić information content (AvgIpc) is 2.48. The van der Waals surface area contributed by atoms with Crippen LogP contribution in [0.4, 0.5) is 0 Å². The van der Waals surface area contributed by atoms with E-state index in [1.807, 2.05) is 68.4 Å². The lowest BCUT2D eigenvalue weighted by Gasteiger charge is -2.18. The van der Waals surface area contributed by atoms with Crippen molar-refractivity contribution in [2.75, 3.05) is 0 Å². The molecule has 0 aromatic heterocycles. The highest BCUT2D eigenvalue weighted by Crippen LogP contribution is 2.15. The zero-order chi connectivity index (χ0) is 14.5. The highest BCUT2D eigenvalue weighted by Gasteiger charge is 2.17. The minimum Gasteiger partial charge on any atom is -0.348 e. The van der Waals surface area contributed by atoms with E-state index >= 15 is 0 Å². The first-order chi connectivity index (χ1) is 9.58. The Balaban J connectivity index is 2.02. The molecule has 0 spiro atoms. The van der Waals surface area contributed by atoms with Crippen molar-refractivity contribution < 1.29 is 4.79 Å². The van der Waals surface area contributed by atoms with Gasteiger partial charge in [-0.2, -0.15) is 0 Å². The van der Waals surface area contributed by atoms with E-state index in [0.29, 0.717) is 0 Å². The summed E-state index contributed by atoms with van der Waals surface area (Å²) in [6.07, 6.45) is 0. The Hall–Kier alpha value is -2.13. The van der Waals surface area contributed by atoms with Gasteiger partial charge in [-0.3, -0.25) is 4.79 Å². The van der Waals surface area contributed by atoms with Crippen LogP contribution in [0.25, 0.3) is 0 Å². The van der Waals surface area contributed by atoms with Gasteiger partial charge in [0.1, 0.15) is 6.04 Å². The van der Waals surface area contributed by atoms with Gasteiger partial charge in [0.2, 0.25) is 5.91 Å². The topological polar surface area (TPSA) is 55.1 Å². The van der Waals surface area contributed by atoms with Gasteiger partial charge in [0.05, 0.1) is 6.04 Å². The average molecular weight is 268 g/mol. The monoisotopic (exact) mass is 268 g/mol. The normalized spacial score (nSPS) is 13.6. The van der Waals surface area contributed by atoms with E-state index < -0.39 is 6.04 Å². The lowest BCUT2D eigenvalue weighted by molar-refractivity contribution is -0.123. The van der Waals surface area contributed by atoms with Gasteiger partial charge in [0.25, 0.3) is 0 Å². The van der Waals surface area contributed by atoms with Crippen molar-refractivity contribution in [3.05, 3.63) is 71.3 Å². The molecule has 20 heavy (non-hydrogen) atoms. The molecule has 0 radical (unpaired) electrons. The van der Waals surface area contributed by atoms with Crippen LogP contribution in [0.2, 0.25) is 0 Å². The molecule has 2 aromatic rings. The highest BCUT2D eigenvalue weighted by atomic mass is 16.2. The van der Waals surface area contributed by atoms with Crippen LogP contribution in [0.3, 0.4) is 0 Å². The number of rotatable bonds is 4. The van der Waals surface area contributed by atoms with Crippen molar-refractivity contribution in [3.8, 4) is 0 Å². The van der Waals surface area contributed by atoms with Crippen LogP contribution >= 0.6 is 0 Å². The summed E-state index contributed by atoms with van der Waals surface area (Å²) in [7, 11) is 0. The molecule has 0 saturated heterocycles. The van der Waals surface area contributed by atoms with Gasteiger partial charge in [0.15, 0.2) is 0 Å². The fourth-order valence-electron chi connectivity index (χ4n) is 2.05. The van der Waals surface area contributed by atoms with E-state index in [-0.39, 0.29) is 11.9 Å². The first-order valence-corrected chi connectivity index (χ1v) is 6.75. The van der Waals surface area contributed by atoms with E-state index in [2.05, 4.69) is 5.32 Å². The molecule has 2 rings (SSSR count). The maximum absolute atomic E-state index is 12.2. The third kappa shape index (κ3) is 3.45. The number of carbonyl (C=O) groups excluding carboxylic acids is 1. The Labute approximate surface area is 119 Å². The maximum atomic E-state index is 12.2. The summed E-state index contributed by atoms with van der Waals surface area (Å²) in [5, 5.41) is 2.95. The molecule has 3 N–H and O–H groups in total. The highest BCUT2D eigenvalue weighted by molar-refractivity contribution is 5.83. The second kappa shape index (κ2) is 6.35. The van der Waals surface area contributed by atoms with Crippen LogP contribution in [0.15, 0.2) is 54.6 Å². The zero-order valence-electron chi connectivity index (χ0n) is 11.8. The fourth-order valence-corrected chi connectivity index (χ4v) is 2.05. The molecule has 0 aliphatic rings. The minimum atomic E-state index is -0.635. The Morgan fingerprint density at radius 2 is 1.60 bits per heavy atom. The van der Waals surface area contributed by atoms with E-state index in [9.17, 15) is 4.79 Å². The number of nitrogens with two attached hydrogens (primary N) is 1. The van der Waals surface area contributed by atoms with Crippen LogP contribution in [0, 0.1) is 6.92 Å². The minimum absolute atomic E-state index is 0.0575. The molecular weight excluding hydrogens is 248 g/mol. The largest absolute Gasteiger partial charge is 0.348 e. The molecule has 0 aliphatic carbocycles. The maximum Gasteiger partial charge on any atom is 0.241 e. The zero-order valence-corrected chi connectivity index (χ0v) is 11.8. The number of nitrogens with one attached hydrogen (secondary N) is 1. The summed E-state index contributed by atoms with van der Waals surface area (Å²) in [5.41, 5.74) is 9.07. The molecule has 0 aliphatic heterocycles. The molecule has 1 amide bonds. The fraction of sp³-hybridized carbons (Fsp3) is 0.235. The summed E-state index contributed by atoms with van der Waals surface area (Å²) in [4.78, 5) is 12.2. The predicted octanol–water partition coefficient (Wildman–Crippen LogP) is 2.87. The van der Waals surface area contributed by atoms with E-state index in [0.717, 1.165) is 11.1 Å². The second-order valence-electron chi connectivity index (χ2n) is 5.03. The first-order valence-electron chi connectivity index (χ1n) is 6.75. The van der Waals surface area contributed by atoms with Crippen molar-refractivity contribution in [1.29, 1.82) is 0 Å².